The molecule has 2 saturated heterocycles. The van der Waals surface area contributed by atoms with Crippen LogP contribution in [0.4, 0.5) is 4.79 Å². The molecular weight excluding hydrogens is 394 g/mol. The van der Waals surface area contributed by atoms with Gasteiger partial charge in [-0.3, -0.25) is 9.17 Å². The third-order valence-corrected chi connectivity index (χ3v) is 6.29. The molecule has 4 unspecified atom stereocenters. The summed E-state index contributed by atoms with van der Waals surface area (Å²) in [5.74, 6) is 0.0880. The molecule has 4 atom stereocenters. The third kappa shape index (κ3) is 3.43. The summed E-state index contributed by atoms with van der Waals surface area (Å²) in [6, 6.07) is 13.5. The van der Waals surface area contributed by atoms with E-state index in [1.165, 1.54) is 11.5 Å². The first-order valence-electron chi connectivity index (χ1n) is 9.40. The molecule has 2 aliphatic rings. The number of rotatable bonds is 4. The minimum Gasteiger partial charge on any atom is -0.430 e. The molecule has 3 heterocycles. The number of carbonyl (C=O) groups excluding carboxylic acids is 1. The first-order chi connectivity index (χ1) is 14.1. The maximum atomic E-state index is 11.7. The van der Waals surface area contributed by atoms with E-state index in [-0.39, 0.29) is 30.3 Å². The lowest BCUT2D eigenvalue weighted by Crippen LogP contribution is -2.19. The summed E-state index contributed by atoms with van der Waals surface area (Å²) in [6.07, 6.45) is -1.58. The monoisotopic (exact) mass is 413 g/mol. The maximum Gasteiger partial charge on any atom is 0.509 e. The van der Waals surface area contributed by atoms with Crippen molar-refractivity contribution in [2.45, 2.75) is 31.3 Å². The van der Waals surface area contributed by atoms with E-state index in [1.54, 1.807) is 6.07 Å². The fourth-order valence-electron chi connectivity index (χ4n) is 3.72. The Balaban J connectivity index is 1.31. The highest BCUT2D eigenvalue weighted by Crippen LogP contribution is 2.36. The topological polar surface area (TPSA) is 86.9 Å². The van der Waals surface area contributed by atoms with Crippen LogP contribution in [0.1, 0.15) is 41.9 Å². The number of fused-ring (bicyclic) bond motifs is 1. The zero-order valence-electron chi connectivity index (χ0n) is 15.6. The molecule has 5 rings (SSSR count). The fourth-order valence-corrected chi connectivity index (χ4v) is 4.50. The zero-order valence-corrected chi connectivity index (χ0v) is 16.4. The standard InChI is InChI=1S/C21H19NO6S/c1-11(12-3-2-4-13(7-12)17-10-26-21(24)28-17)16-9-25-20(27-16)14-5-6-15-18(8-14)29-22-19(15)23/h2-8,11,16-17,20H,9-10H2,1H3,(H,22,23). The van der Waals surface area contributed by atoms with Crippen molar-refractivity contribution in [1.29, 1.82) is 0 Å². The summed E-state index contributed by atoms with van der Waals surface area (Å²) in [5.41, 5.74) is 2.81. The van der Waals surface area contributed by atoms with Crippen molar-refractivity contribution < 1.29 is 23.7 Å². The first kappa shape index (κ1) is 18.4. The van der Waals surface area contributed by atoms with E-state index in [1.807, 2.05) is 36.4 Å². The maximum absolute atomic E-state index is 11.7. The van der Waals surface area contributed by atoms with Crippen molar-refractivity contribution in [3.8, 4) is 0 Å². The average molecular weight is 413 g/mol. The number of aromatic amines is 1. The van der Waals surface area contributed by atoms with Gasteiger partial charge in [-0.15, -0.1) is 0 Å². The number of hydrogen-bond acceptors (Lipinski definition) is 7. The van der Waals surface area contributed by atoms with Crippen LogP contribution >= 0.6 is 11.5 Å². The van der Waals surface area contributed by atoms with Crippen molar-refractivity contribution in [2.24, 2.45) is 0 Å². The summed E-state index contributed by atoms with van der Waals surface area (Å²) in [7, 11) is 0. The molecule has 150 valence electrons. The van der Waals surface area contributed by atoms with Crippen molar-refractivity contribution >= 4 is 27.8 Å². The second kappa shape index (κ2) is 7.29. The van der Waals surface area contributed by atoms with E-state index in [0.29, 0.717) is 12.0 Å². The smallest absolute Gasteiger partial charge is 0.430 e. The van der Waals surface area contributed by atoms with Crippen molar-refractivity contribution in [3.05, 3.63) is 69.5 Å². The zero-order chi connectivity index (χ0) is 20.0. The lowest BCUT2D eigenvalue weighted by atomic mass is 9.93. The summed E-state index contributed by atoms with van der Waals surface area (Å²) in [5, 5.41) is 0.676. The van der Waals surface area contributed by atoms with Gasteiger partial charge < -0.3 is 18.9 Å². The van der Waals surface area contributed by atoms with Crippen LogP contribution in [0.2, 0.25) is 0 Å². The van der Waals surface area contributed by atoms with E-state index in [9.17, 15) is 9.59 Å². The van der Waals surface area contributed by atoms with Crippen molar-refractivity contribution in [3.63, 3.8) is 0 Å². The van der Waals surface area contributed by atoms with Gasteiger partial charge in [-0.1, -0.05) is 48.8 Å². The van der Waals surface area contributed by atoms with Crippen LogP contribution < -0.4 is 5.56 Å². The number of aromatic nitrogens is 1. The molecule has 0 bridgehead atoms. The normalized spacial score (nSPS) is 25.1. The molecule has 0 aliphatic carbocycles. The molecule has 2 aliphatic heterocycles. The minimum atomic E-state index is -0.631. The Morgan fingerprint density at radius 1 is 1.10 bits per heavy atom. The Bertz CT molecular complexity index is 1120. The first-order valence-corrected chi connectivity index (χ1v) is 10.2. The predicted molar refractivity (Wildman–Crippen MR) is 106 cm³/mol. The fraction of sp³-hybridized carbons (Fsp3) is 0.333. The summed E-state index contributed by atoms with van der Waals surface area (Å²) >= 11 is 1.31. The summed E-state index contributed by atoms with van der Waals surface area (Å²) in [4.78, 5) is 22.9. The summed E-state index contributed by atoms with van der Waals surface area (Å²) < 4.78 is 25.8. The van der Waals surface area contributed by atoms with Gasteiger partial charge in [0.2, 0.25) is 0 Å². The number of carbonyl (C=O) groups is 1. The van der Waals surface area contributed by atoms with Crippen LogP contribution in [-0.2, 0) is 18.9 Å². The molecule has 3 aromatic rings. The molecular formula is C21H19NO6S. The molecule has 2 fully saturated rings. The van der Waals surface area contributed by atoms with Crippen molar-refractivity contribution in [2.75, 3.05) is 13.2 Å². The highest BCUT2D eigenvalue weighted by atomic mass is 32.1. The summed E-state index contributed by atoms with van der Waals surface area (Å²) in [6.45, 7) is 2.79. The van der Waals surface area contributed by atoms with E-state index >= 15 is 0 Å². The minimum absolute atomic E-state index is 0.0745. The molecule has 8 heteroatoms. The quantitative estimate of drug-likeness (QED) is 0.650. The average Bonchev–Trinajstić information content (AvgIpc) is 3.48. The Kier molecular flexibility index (Phi) is 4.61. The largest absolute Gasteiger partial charge is 0.509 e. The van der Waals surface area contributed by atoms with Crippen LogP contribution in [0.15, 0.2) is 47.3 Å². The van der Waals surface area contributed by atoms with Crippen LogP contribution in [0, 0.1) is 0 Å². The van der Waals surface area contributed by atoms with Crippen LogP contribution in [-0.4, -0.2) is 29.8 Å². The third-order valence-electron chi connectivity index (χ3n) is 5.44. The Morgan fingerprint density at radius 3 is 2.83 bits per heavy atom. The van der Waals surface area contributed by atoms with E-state index in [0.717, 1.165) is 21.4 Å². The molecule has 0 radical (unpaired) electrons. The number of ether oxygens (including phenoxy) is 4. The Labute approximate surface area is 170 Å². The Hall–Kier alpha value is -2.68. The second-order valence-corrected chi connectivity index (χ2v) is 8.10. The Morgan fingerprint density at radius 2 is 2.00 bits per heavy atom. The molecule has 29 heavy (non-hydrogen) atoms. The highest BCUT2D eigenvalue weighted by Gasteiger charge is 2.33. The van der Waals surface area contributed by atoms with Crippen LogP contribution in [0.3, 0.4) is 0 Å². The van der Waals surface area contributed by atoms with E-state index < -0.39 is 12.4 Å². The molecule has 7 nitrogen and oxygen atoms in total. The number of hydrogen-bond donors (Lipinski definition) is 1. The van der Waals surface area contributed by atoms with Crippen LogP contribution in [0.5, 0.6) is 0 Å². The molecule has 0 amide bonds. The molecule has 1 aromatic heterocycles. The number of H-pyrrole nitrogens is 1. The van der Waals surface area contributed by atoms with Gasteiger partial charge in [-0.05, 0) is 23.3 Å². The van der Waals surface area contributed by atoms with Gasteiger partial charge in [0, 0.05) is 11.5 Å². The van der Waals surface area contributed by atoms with Gasteiger partial charge in [0.05, 0.1) is 22.8 Å². The van der Waals surface area contributed by atoms with E-state index in [4.69, 9.17) is 18.9 Å². The molecule has 0 saturated carbocycles. The van der Waals surface area contributed by atoms with Gasteiger partial charge >= 0.3 is 6.16 Å². The van der Waals surface area contributed by atoms with Gasteiger partial charge in [-0.25, -0.2) is 4.79 Å². The second-order valence-electron chi connectivity index (χ2n) is 7.25. The van der Waals surface area contributed by atoms with Gasteiger partial charge in [-0.2, -0.15) is 0 Å². The van der Waals surface area contributed by atoms with Gasteiger partial charge in [0.1, 0.15) is 6.61 Å². The lowest BCUT2D eigenvalue weighted by molar-refractivity contribution is -0.0632. The molecule has 2 aromatic carbocycles. The highest BCUT2D eigenvalue weighted by molar-refractivity contribution is 7.13. The van der Waals surface area contributed by atoms with Gasteiger partial charge in [0.25, 0.3) is 5.56 Å². The number of benzene rings is 2. The molecule has 0 spiro atoms. The predicted octanol–water partition coefficient (Wildman–Crippen LogP) is 4.02. The lowest BCUT2D eigenvalue weighted by Gasteiger charge is -2.20. The number of cyclic esters (lactones) is 2. The molecule has 1 N–H and O–H groups in total. The van der Waals surface area contributed by atoms with E-state index in [2.05, 4.69) is 11.3 Å². The SMILES string of the molecule is CC(c1cccc(C2COC(=O)O2)c1)C1COC(c2ccc3c(=O)[nH]sc3c2)O1. The van der Waals surface area contributed by atoms with Crippen LogP contribution in [0.25, 0.3) is 10.1 Å². The van der Waals surface area contributed by atoms with Gasteiger partial charge in [0.15, 0.2) is 12.4 Å². The van der Waals surface area contributed by atoms with Crippen molar-refractivity contribution in [1.82, 2.24) is 4.37 Å². The number of nitrogens with one attached hydrogen (secondary N) is 1.